The maximum atomic E-state index is 12.3. The lowest BCUT2D eigenvalue weighted by atomic mass is 10.0. The molecule has 0 spiro atoms. The minimum Gasteiger partial charge on any atom is -0.449 e. The number of hydrogen-bond acceptors (Lipinski definition) is 5. The monoisotopic (exact) mass is 397 g/mol. The van der Waals surface area contributed by atoms with Crippen molar-refractivity contribution in [3.8, 4) is 0 Å². The number of hydrogen-bond donors (Lipinski definition) is 1. The molecule has 0 saturated carbocycles. The summed E-state index contributed by atoms with van der Waals surface area (Å²) in [7, 11) is 0. The molecule has 7 nitrogen and oxygen atoms in total. The predicted molar refractivity (Wildman–Crippen MR) is 112 cm³/mol. The number of amides is 1. The maximum absolute atomic E-state index is 12.3. The summed E-state index contributed by atoms with van der Waals surface area (Å²) in [5.41, 5.74) is 3.13. The minimum atomic E-state index is -0.401. The molecule has 1 heterocycles. The van der Waals surface area contributed by atoms with Crippen molar-refractivity contribution in [3.05, 3.63) is 69.8 Å². The van der Waals surface area contributed by atoms with Gasteiger partial charge in [-0.2, -0.15) is 0 Å². The Hall–Kier alpha value is -3.09. The highest BCUT2D eigenvalue weighted by molar-refractivity contribution is 5.69. The summed E-state index contributed by atoms with van der Waals surface area (Å²) >= 11 is 0. The molecule has 1 fully saturated rings. The maximum Gasteiger partial charge on any atom is 0.410 e. The fourth-order valence-corrected chi connectivity index (χ4v) is 3.48. The minimum absolute atomic E-state index is 0.0628. The van der Waals surface area contributed by atoms with Gasteiger partial charge in [0.2, 0.25) is 0 Å². The predicted octanol–water partition coefficient (Wildman–Crippen LogP) is 5.28. The van der Waals surface area contributed by atoms with Crippen molar-refractivity contribution in [1.29, 1.82) is 0 Å². The van der Waals surface area contributed by atoms with Crippen LogP contribution in [0.5, 0.6) is 0 Å². The molecule has 1 unspecified atom stereocenters. The summed E-state index contributed by atoms with van der Waals surface area (Å²) in [6, 6.07) is 14.7. The highest BCUT2D eigenvalue weighted by Crippen LogP contribution is 2.33. The molecule has 0 bridgehead atoms. The van der Waals surface area contributed by atoms with Crippen LogP contribution in [0.3, 0.4) is 0 Å². The van der Waals surface area contributed by atoms with Crippen LogP contribution in [0.2, 0.25) is 0 Å². The number of benzene rings is 2. The van der Waals surface area contributed by atoms with Gasteiger partial charge in [0.1, 0.15) is 0 Å². The number of non-ortho nitro benzene ring substituents is 1. The first-order chi connectivity index (χ1) is 14.1. The largest absolute Gasteiger partial charge is 0.449 e. The van der Waals surface area contributed by atoms with Crippen LogP contribution in [-0.2, 0) is 11.3 Å². The van der Waals surface area contributed by atoms with Crippen molar-refractivity contribution in [1.82, 2.24) is 4.90 Å². The molecule has 2 aromatic rings. The lowest BCUT2D eigenvalue weighted by molar-refractivity contribution is -0.384. The zero-order valence-electron chi connectivity index (χ0n) is 16.7. The highest BCUT2D eigenvalue weighted by Gasteiger charge is 2.30. The van der Waals surface area contributed by atoms with Gasteiger partial charge < -0.3 is 15.0 Å². The van der Waals surface area contributed by atoms with Gasteiger partial charge in [-0.1, -0.05) is 37.6 Å². The number of ether oxygens (including phenoxy) is 1. The Balaban J connectivity index is 1.56. The average molecular weight is 397 g/mol. The number of rotatable bonds is 8. The molecule has 29 heavy (non-hydrogen) atoms. The first-order valence-electron chi connectivity index (χ1n) is 10.1. The van der Waals surface area contributed by atoms with E-state index in [1.54, 1.807) is 12.1 Å². The quantitative estimate of drug-likeness (QED) is 0.372. The zero-order chi connectivity index (χ0) is 20.6. The van der Waals surface area contributed by atoms with Crippen LogP contribution in [0.15, 0.2) is 48.5 Å². The average Bonchev–Trinajstić information content (AvgIpc) is 3.23. The number of nitrogens with one attached hydrogen (secondary N) is 1. The molecular formula is C22H27N3O4. The van der Waals surface area contributed by atoms with Gasteiger partial charge in [-0.25, -0.2) is 4.79 Å². The van der Waals surface area contributed by atoms with Gasteiger partial charge in [0.05, 0.1) is 17.6 Å². The van der Waals surface area contributed by atoms with E-state index in [2.05, 4.69) is 12.2 Å². The fourth-order valence-electron chi connectivity index (χ4n) is 3.48. The number of unbranched alkanes of at least 4 members (excludes halogenated alkanes) is 1. The van der Waals surface area contributed by atoms with Crippen LogP contribution in [0, 0.1) is 10.1 Å². The molecule has 154 valence electrons. The van der Waals surface area contributed by atoms with Crippen LogP contribution >= 0.6 is 0 Å². The Labute approximate surface area is 170 Å². The lowest BCUT2D eigenvalue weighted by Crippen LogP contribution is -2.31. The topological polar surface area (TPSA) is 84.7 Å². The number of nitro groups is 1. The number of nitro benzene ring substituents is 1. The molecule has 0 aromatic heterocycles. The van der Waals surface area contributed by atoms with Crippen LogP contribution in [0.1, 0.15) is 49.8 Å². The molecule has 2 aromatic carbocycles. The zero-order valence-corrected chi connectivity index (χ0v) is 16.7. The lowest BCUT2D eigenvalue weighted by Gasteiger charge is -2.24. The molecule has 1 saturated heterocycles. The molecule has 1 amide bonds. The van der Waals surface area contributed by atoms with E-state index in [0.717, 1.165) is 49.0 Å². The van der Waals surface area contributed by atoms with Gasteiger partial charge in [0.25, 0.3) is 5.69 Å². The van der Waals surface area contributed by atoms with Gasteiger partial charge in [-0.05, 0) is 42.5 Å². The summed E-state index contributed by atoms with van der Waals surface area (Å²) in [5.74, 6) is 0. The highest BCUT2D eigenvalue weighted by atomic mass is 16.6. The molecule has 0 radical (unpaired) electrons. The van der Waals surface area contributed by atoms with Crippen molar-refractivity contribution >= 4 is 17.5 Å². The molecule has 0 aliphatic carbocycles. The second-order valence-corrected chi connectivity index (χ2v) is 7.22. The third-order valence-corrected chi connectivity index (χ3v) is 5.15. The third-order valence-electron chi connectivity index (χ3n) is 5.15. The Morgan fingerprint density at radius 3 is 2.59 bits per heavy atom. The van der Waals surface area contributed by atoms with E-state index < -0.39 is 4.92 Å². The van der Waals surface area contributed by atoms with Crippen LogP contribution in [0.4, 0.5) is 16.2 Å². The van der Waals surface area contributed by atoms with Gasteiger partial charge >= 0.3 is 6.09 Å². The molecule has 1 aliphatic rings. The van der Waals surface area contributed by atoms with Crippen LogP contribution in [0.25, 0.3) is 0 Å². The van der Waals surface area contributed by atoms with Crippen LogP contribution < -0.4 is 5.32 Å². The van der Waals surface area contributed by atoms with E-state index in [-0.39, 0.29) is 17.8 Å². The normalized spacial score (nSPS) is 15.9. The Morgan fingerprint density at radius 2 is 1.93 bits per heavy atom. The molecule has 1 atom stereocenters. The summed E-state index contributed by atoms with van der Waals surface area (Å²) in [6.45, 7) is 3.86. The Bertz CT molecular complexity index is 821. The first-order valence-corrected chi connectivity index (χ1v) is 10.1. The molecule has 3 rings (SSSR count). The summed E-state index contributed by atoms with van der Waals surface area (Å²) in [5, 5.41) is 14.0. The standard InChI is InChI=1S/C22H27N3O4/c1-2-3-15-29-22(26)24-14-4-5-21(24)18-8-10-19(11-9-18)23-16-17-6-12-20(13-7-17)25(27)28/h6-13,21,23H,2-5,14-16H2,1H3. The summed E-state index contributed by atoms with van der Waals surface area (Å²) in [6.07, 6.45) is 3.60. The Morgan fingerprint density at radius 1 is 1.21 bits per heavy atom. The Kier molecular flexibility index (Phi) is 7.05. The van der Waals surface area contributed by atoms with Crippen molar-refractivity contribution in [2.45, 2.75) is 45.2 Å². The molecule has 7 heteroatoms. The van der Waals surface area contributed by atoms with Crippen molar-refractivity contribution in [3.63, 3.8) is 0 Å². The van der Waals surface area contributed by atoms with Crippen molar-refractivity contribution in [2.75, 3.05) is 18.5 Å². The van der Waals surface area contributed by atoms with Gasteiger partial charge in [0.15, 0.2) is 0 Å². The summed E-state index contributed by atoms with van der Waals surface area (Å²) in [4.78, 5) is 24.5. The van der Waals surface area contributed by atoms with E-state index in [1.807, 2.05) is 29.2 Å². The second-order valence-electron chi connectivity index (χ2n) is 7.22. The summed E-state index contributed by atoms with van der Waals surface area (Å²) < 4.78 is 5.39. The third kappa shape index (κ3) is 5.47. The smallest absolute Gasteiger partial charge is 0.410 e. The van der Waals surface area contributed by atoms with Gasteiger partial charge in [-0.3, -0.25) is 10.1 Å². The first kappa shape index (κ1) is 20.6. The van der Waals surface area contributed by atoms with Crippen molar-refractivity contribution in [2.24, 2.45) is 0 Å². The number of nitrogens with zero attached hydrogens (tertiary/aromatic N) is 2. The number of likely N-dealkylation sites (tertiary alicyclic amines) is 1. The van der Waals surface area contributed by atoms with Crippen molar-refractivity contribution < 1.29 is 14.5 Å². The number of carbonyl (C=O) groups excluding carboxylic acids is 1. The fraction of sp³-hybridized carbons (Fsp3) is 0.409. The van der Waals surface area contributed by atoms with Gasteiger partial charge in [0, 0.05) is 30.9 Å². The van der Waals surface area contributed by atoms with E-state index >= 15 is 0 Å². The number of carbonyl (C=O) groups is 1. The second kappa shape index (κ2) is 9.91. The number of anilines is 1. The van der Waals surface area contributed by atoms with E-state index in [0.29, 0.717) is 13.2 Å². The molecular weight excluding hydrogens is 370 g/mol. The SMILES string of the molecule is CCCCOC(=O)N1CCCC1c1ccc(NCc2ccc([N+](=O)[O-])cc2)cc1. The van der Waals surface area contributed by atoms with Gasteiger partial charge in [-0.15, -0.1) is 0 Å². The van der Waals surface area contributed by atoms with E-state index in [1.165, 1.54) is 12.1 Å². The van der Waals surface area contributed by atoms with E-state index in [4.69, 9.17) is 4.74 Å². The van der Waals surface area contributed by atoms with E-state index in [9.17, 15) is 14.9 Å². The molecule has 1 aliphatic heterocycles. The molecule has 1 N–H and O–H groups in total. The van der Waals surface area contributed by atoms with Crippen LogP contribution in [-0.4, -0.2) is 29.1 Å².